The van der Waals surface area contributed by atoms with Crippen LogP contribution in [-0.2, 0) is 13.1 Å². The maximum absolute atomic E-state index is 12.6. The molecule has 6 heteroatoms. The Morgan fingerprint density at radius 2 is 1.96 bits per heavy atom. The Balaban J connectivity index is 1.58. The molecule has 0 aliphatic carbocycles. The zero-order chi connectivity index (χ0) is 16.9. The monoisotopic (exact) mass is 347 g/mol. The van der Waals surface area contributed by atoms with Crippen LogP contribution in [0.25, 0.3) is 0 Å². The molecule has 5 nitrogen and oxygen atoms in total. The fraction of sp³-hybridized carbons (Fsp3) is 0.389. The minimum atomic E-state index is 0.0202. The Bertz CT molecular complexity index is 684. The molecule has 1 fully saturated rings. The van der Waals surface area contributed by atoms with Gasteiger partial charge in [0, 0.05) is 37.7 Å². The maximum atomic E-state index is 12.6. The lowest BCUT2D eigenvalue weighted by molar-refractivity contribution is 0.0760. The Morgan fingerprint density at radius 3 is 2.67 bits per heavy atom. The lowest BCUT2D eigenvalue weighted by Gasteiger charge is -2.21. The summed E-state index contributed by atoms with van der Waals surface area (Å²) in [7, 11) is 0. The third kappa shape index (κ3) is 4.17. The van der Waals surface area contributed by atoms with Crippen LogP contribution in [0.5, 0.6) is 0 Å². The predicted octanol–water partition coefficient (Wildman–Crippen LogP) is 2.74. The van der Waals surface area contributed by atoms with E-state index in [9.17, 15) is 4.79 Å². The lowest BCUT2D eigenvalue weighted by atomic mass is 10.2. The Hall–Kier alpha value is -1.82. The van der Waals surface area contributed by atoms with Crippen LogP contribution in [0.3, 0.4) is 0 Å². The van der Waals surface area contributed by atoms with Crippen LogP contribution < -0.4 is 5.73 Å². The molecular weight excluding hydrogens is 326 g/mol. The number of carbonyl (C=O) groups excluding carboxylic acids is 1. The smallest absolute Gasteiger partial charge is 0.257 e. The second-order valence-electron chi connectivity index (χ2n) is 6.05. The van der Waals surface area contributed by atoms with Gasteiger partial charge >= 0.3 is 0 Å². The first kappa shape index (κ1) is 17.0. The summed E-state index contributed by atoms with van der Waals surface area (Å²) in [5, 5.41) is 0.753. The quantitative estimate of drug-likeness (QED) is 0.923. The van der Waals surface area contributed by atoms with Crippen molar-refractivity contribution in [1.29, 1.82) is 0 Å². The minimum Gasteiger partial charge on any atom is -0.467 e. The van der Waals surface area contributed by atoms with E-state index >= 15 is 0 Å². The minimum absolute atomic E-state index is 0.0202. The van der Waals surface area contributed by atoms with Gasteiger partial charge in [-0.3, -0.25) is 9.69 Å². The van der Waals surface area contributed by atoms with E-state index in [-0.39, 0.29) is 5.91 Å². The van der Waals surface area contributed by atoms with Gasteiger partial charge in [-0.25, -0.2) is 0 Å². The van der Waals surface area contributed by atoms with Crippen molar-refractivity contribution in [3.8, 4) is 0 Å². The highest BCUT2D eigenvalue weighted by Crippen LogP contribution is 2.15. The summed E-state index contributed by atoms with van der Waals surface area (Å²) in [6.07, 6.45) is 2.46. The number of benzene rings is 1. The third-order valence-electron chi connectivity index (χ3n) is 4.30. The third-order valence-corrected chi connectivity index (χ3v) is 4.55. The van der Waals surface area contributed by atoms with E-state index in [1.54, 1.807) is 6.07 Å². The molecule has 1 saturated heterocycles. The SMILES string of the molecule is NCc1cc(C(=O)N2CCCN(Cc3ccc(Cl)cc3)CC2)co1. The standard InChI is InChI=1S/C18H22ClN3O2/c19-16-4-2-14(3-5-16)12-21-6-1-7-22(9-8-21)18(23)15-10-17(11-20)24-13-15/h2-5,10,13H,1,6-9,11-12,20H2. The molecule has 1 aromatic carbocycles. The highest BCUT2D eigenvalue weighted by Gasteiger charge is 2.21. The molecule has 2 aromatic rings. The van der Waals surface area contributed by atoms with E-state index in [2.05, 4.69) is 17.0 Å². The van der Waals surface area contributed by atoms with Crippen molar-refractivity contribution in [2.24, 2.45) is 5.73 Å². The molecule has 2 N–H and O–H groups in total. The molecule has 128 valence electrons. The van der Waals surface area contributed by atoms with E-state index in [1.807, 2.05) is 17.0 Å². The molecule has 0 atom stereocenters. The van der Waals surface area contributed by atoms with E-state index in [4.69, 9.17) is 21.8 Å². The number of nitrogens with two attached hydrogens (primary N) is 1. The molecule has 0 unspecified atom stereocenters. The van der Waals surface area contributed by atoms with Crippen molar-refractivity contribution in [2.75, 3.05) is 26.2 Å². The van der Waals surface area contributed by atoms with Crippen LogP contribution in [0, 0.1) is 0 Å². The Labute approximate surface area is 147 Å². The summed E-state index contributed by atoms with van der Waals surface area (Å²) in [6, 6.07) is 9.67. The van der Waals surface area contributed by atoms with Crippen molar-refractivity contribution in [1.82, 2.24) is 9.80 Å². The largest absolute Gasteiger partial charge is 0.467 e. The zero-order valence-corrected chi connectivity index (χ0v) is 14.3. The lowest BCUT2D eigenvalue weighted by Crippen LogP contribution is -2.34. The summed E-state index contributed by atoms with van der Waals surface area (Å²) in [5.74, 6) is 0.657. The number of furan rings is 1. The average molecular weight is 348 g/mol. The summed E-state index contributed by atoms with van der Waals surface area (Å²) < 4.78 is 5.27. The molecule has 1 amide bonds. The molecule has 0 bridgehead atoms. The van der Waals surface area contributed by atoms with Gasteiger partial charge in [0.05, 0.1) is 12.1 Å². The molecule has 3 rings (SSSR count). The second kappa shape index (κ2) is 7.83. The number of hydrogen-bond donors (Lipinski definition) is 1. The van der Waals surface area contributed by atoms with Crippen LogP contribution in [-0.4, -0.2) is 41.9 Å². The molecule has 0 saturated carbocycles. The van der Waals surface area contributed by atoms with Crippen LogP contribution in [0.15, 0.2) is 41.0 Å². The molecular formula is C18H22ClN3O2. The molecule has 24 heavy (non-hydrogen) atoms. The molecule has 1 aliphatic heterocycles. The van der Waals surface area contributed by atoms with Gasteiger partial charge in [-0.05, 0) is 30.2 Å². The van der Waals surface area contributed by atoms with E-state index in [0.29, 0.717) is 17.9 Å². The first-order chi connectivity index (χ1) is 11.7. The van der Waals surface area contributed by atoms with E-state index in [1.165, 1.54) is 11.8 Å². The molecule has 0 spiro atoms. The van der Waals surface area contributed by atoms with Gasteiger partial charge in [0.2, 0.25) is 0 Å². The highest BCUT2D eigenvalue weighted by molar-refractivity contribution is 6.30. The number of hydrogen-bond acceptors (Lipinski definition) is 4. The Kier molecular flexibility index (Phi) is 5.56. The first-order valence-electron chi connectivity index (χ1n) is 8.19. The summed E-state index contributed by atoms with van der Waals surface area (Å²) in [6.45, 7) is 4.50. The van der Waals surface area contributed by atoms with Gasteiger partial charge in [-0.2, -0.15) is 0 Å². The zero-order valence-electron chi connectivity index (χ0n) is 13.6. The van der Waals surface area contributed by atoms with Crippen molar-refractivity contribution < 1.29 is 9.21 Å². The topological polar surface area (TPSA) is 62.7 Å². The summed E-state index contributed by atoms with van der Waals surface area (Å²) >= 11 is 5.93. The van der Waals surface area contributed by atoms with Gasteiger partial charge < -0.3 is 15.1 Å². The number of rotatable bonds is 4. The molecule has 2 heterocycles. The van der Waals surface area contributed by atoms with E-state index in [0.717, 1.165) is 44.2 Å². The van der Waals surface area contributed by atoms with Crippen LogP contribution in [0.2, 0.25) is 5.02 Å². The molecule has 1 aromatic heterocycles. The van der Waals surface area contributed by atoms with Gasteiger partial charge in [0.1, 0.15) is 12.0 Å². The van der Waals surface area contributed by atoms with Crippen LogP contribution in [0.1, 0.15) is 28.1 Å². The number of halogens is 1. The first-order valence-corrected chi connectivity index (χ1v) is 8.57. The maximum Gasteiger partial charge on any atom is 0.257 e. The highest BCUT2D eigenvalue weighted by atomic mass is 35.5. The number of nitrogens with zero attached hydrogens (tertiary/aromatic N) is 2. The summed E-state index contributed by atoms with van der Waals surface area (Å²) in [4.78, 5) is 16.8. The fourth-order valence-electron chi connectivity index (χ4n) is 2.96. The average Bonchev–Trinajstić information content (AvgIpc) is 2.96. The summed E-state index contributed by atoms with van der Waals surface area (Å²) in [5.41, 5.74) is 7.36. The number of carbonyl (C=O) groups is 1. The van der Waals surface area contributed by atoms with Gasteiger partial charge in [-0.15, -0.1) is 0 Å². The Morgan fingerprint density at radius 1 is 1.17 bits per heavy atom. The van der Waals surface area contributed by atoms with Crippen molar-refractivity contribution in [2.45, 2.75) is 19.5 Å². The van der Waals surface area contributed by atoms with E-state index < -0.39 is 0 Å². The number of amides is 1. The predicted molar refractivity (Wildman–Crippen MR) is 93.8 cm³/mol. The van der Waals surface area contributed by atoms with Gasteiger partial charge in [0.15, 0.2) is 0 Å². The van der Waals surface area contributed by atoms with Gasteiger partial charge in [-0.1, -0.05) is 23.7 Å². The molecule has 1 aliphatic rings. The van der Waals surface area contributed by atoms with Crippen molar-refractivity contribution in [3.63, 3.8) is 0 Å². The fourth-order valence-corrected chi connectivity index (χ4v) is 3.09. The van der Waals surface area contributed by atoms with Crippen LogP contribution in [0.4, 0.5) is 0 Å². The van der Waals surface area contributed by atoms with Crippen molar-refractivity contribution in [3.05, 3.63) is 58.5 Å². The normalized spacial score (nSPS) is 16.2. The van der Waals surface area contributed by atoms with Gasteiger partial charge in [0.25, 0.3) is 5.91 Å². The second-order valence-corrected chi connectivity index (χ2v) is 6.49. The molecule has 0 radical (unpaired) electrons. The van der Waals surface area contributed by atoms with Crippen LogP contribution >= 0.6 is 11.6 Å². The van der Waals surface area contributed by atoms with Crippen molar-refractivity contribution >= 4 is 17.5 Å².